The maximum Gasteiger partial charge on any atom is 0.238 e. The molecule has 0 N–H and O–H groups in total. The van der Waals surface area contributed by atoms with Crippen molar-refractivity contribution in [1.82, 2.24) is 4.90 Å². The molecule has 2 aromatic carbocycles. The van der Waals surface area contributed by atoms with E-state index < -0.39 is 15.6 Å². The van der Waals surface area contributed by atoms with Gasteiger partial charge in [0.1, 0.15) is 5.75 Å². The molecule has 1 fully saturated rings. The number of sulfone groups is 1. The minimum atomic E-state index is -3.68. The molecule has 0 aromatic heterocycles. The largest absolute Gasteiger partial charge is 0.342 e. The molecule has 0 bridgehead atoms. The molecule has 1 heterocycles. The maximum absolute atomic E-state index is 12.8. The molecule has 0 spiro atoms. The van der Waals surface area contributed by atoms with Gasteiger partial charge in [0.05, 0.1) is 4.90 Å². The van der Waals surface area contributed by atoms with Crippen molar-refractivity contribution < 1.29 is 13.2 Å². The van der Waals surface area contributed by atoms with Gasteiger partial charge in [0.2, 0.25) is 5.91 Å². The van der Waals surface area contributed by atoms with Gasteiger partial charge in [-0.15, -0.1) is 0 Å². The van der Waals surface area contributed by atoms with E-state index in [4.69, 9.17) is 0 Å². The molecule has 0 unspecified atom stereocenters. The molecular weight excluding hydrogens is 390 g/mol. The number of fused-ring (bicyclic) bond motifs is 1. The summed E-state index contributed by atoms with van der Waals surface area (Å²) in [6.07, 6.45) is 1.88. The monoisotopic (exact) mass is 409 g/mol. The number of carbonyl (C=O) groups excluding carboxylic acids is 1. The topological polar surface area (TPSA) is 54.5 Å². The van der Waals surface area contributed by atoms with Crippen LogP contribution in [0.25, 0.3) is 10.8 Å². The van der Waals surface area contributed by atoms with E-state index in [0.29, 0.717) is 24.4 Å². The van der Waals surface area contributed by atoms with Crippen LogP contribution >= 0.6 is 15.9 Å². The van der Waals surface area contributed by atoms with Gasteiger partial charge in [-0.2, -0.15) is 0 Å². The highest BCUT2D eigenvalue weighted by Gasteiger charge is 2.27. The Labute approximate surface area is 150 Å². The second kappa shape index (κ2) is 6.84. The lowest BCUT2D eigenvalue weighted by Crippen LogP contribution is -2.41. The SMILES string of the molecule is CC1CCN(C(=O)CS(=O)(=O)c2ccc(Br)c3ccccc23)CC1. The second-order valence-electron chi connectivity index (χ2n) is 6.41. The maximum atomic E-state index is 12.8. The van der Waals surface area contributed by atoms with E-state index in [1.807, 2.05) is 18.2 Å². The average Bonchev–Trinajstić information content (AvgIpc) is 2.55. The van der Waals surface area contributed by atoms with E-state index in [9.17, 15) is 13.2 Å². The Bertz CT molecular complexity index is 871. The van der Waals surface area contributed by atoms with Crippen molar-refractivity contribution in [1.29, 1.82) is 0 Å². The Morgan fingerprint density at radius 1 is 1.12 bits per heavy atom. The van der Waals surface area contributed by atoms with Crippen LogP contribution in [-0.4, -0.2) is 38.1 Å². The lowest BCUT2D eigenvalue weighted by atomic mass is 9.99. The van der Waals surface area contributed by atoms with Crippen molar-refractivity contribution in [2.24, 2.45) is 5.92 Å². The van der Waals surface area contributed by atoms with Crippen LogP contribution in [0.3, 0.4) is 0 Å². The van der Waals surface area contributed by atoms with Crippen LogP contribution in [0.5, 0.6) is 0 Å². The first kappa shape index (κ1) is 17.4. The van der Waals surface area contributed by atoms with Crippen molar-refractivity contribution in [3.05, 3.63) is 40.9 Å². The third-order valence-electron chi connectivity index (χ3n) is 4.62. The highest BCUT2D eigenvalue weighted by Crippen LogP contribution is 2.30. The molecule has 1 saturated heterocycles. The molecule has 4 nitrogen and oxygen atoms in total. The zero-order valence-electron chi connectivity index (χ0n) is 13.5. The standard InChI is InChI=1S/C18H20BrNO3S/c1-13-8-10-20(11-9-13)18(21)12-24(22,23)17-7-6-16(19)14-4-2-3-5-15(14)17/h2-7,13H,8-12H2,1H3. The van der Waals surface area contributed by atoms with Crippen molar-refractivity contribution in [2.45, 2.75) is 24.7 Å². The lowest BCUT2D eigenvalue weighted by molar-refractivity contribution is -0.129. The Hall–Kier alpha value is -1.40. The number of amides is 1. The molecule has 3 rings (SSSR count). The van der Waals surface area contributed by atoms with Crippen LogP contribution in [-0.2, 0) is 14.6 Å². The van der Waals surface area contributed by atoms with Gasteiger partial charge in [-0.25, -0.2) is 8.42 Å². The molecule has 0 aliphatic carbocycles. The normalized spacial score (nSPS) is 16.5. The van der Waals surface area contributed by atoms with Crippen molar-refractivity contribution in [3.8, 4) is 0 Å². The summed E-state index contributed by atoms with van der Waals surface area (Å²) < 4.78 is 26.5. The summed E-state index contributed by atoms with van der Waals surface area (Å²) in [4.78, 5) is 14.3. The molecule has 24 heavy (non-hydrogen) atoms. The summed E-state index contributed by atoms with van der Waals surface area (Å²) >= 11 is 3.45. The Kier molecular flexibility index (Phi) is 4.97. The summed E-state index contributed by atoms with van der Waals surface area (Å²) in [5.41, 5.74) is 0. The molecule has 1 aliphatic heterocycles. The smallest absolute Gasteiger partial charge is 0.238 e. The molecular formula is C18H20BrNO3S. The number of benzene rings is 2. The summed E-state index contributed by atoms with van der Waals surface area (Å²) in [7, 11) is -3.68. The first-order valence-electron chi connectivity index (χ1n) is 8.06. The highest BCUT2D eigenvalue weighted by molar-refractivity contribution is 9.10. The van der Waals surface area contributed by atoms with E-state index in [1.54, 1.807) is 23.1 Å². The van der Waals surface area contributed by atoms with Crippen LogP contribution < -0.4 is 0 Å². The minimum Gasteiger partial charge on any atom is -0.342 e. The van der Waals surface area contributed by atoms with Crippen LogP contribution in [0, 0.1) is 5.92 Å². The van der Waals surface area contributed by atoms with E-state index in [2.05, 4.69) is 22.9 Å². The number of rotatable bonds is 3. The Morgan fingerprint density at radius 3 is 2.42 bits per heavy atom. The fourth-order valence-corrected chi connectivity index (χ4v) is 5.02. The summed E-state index contributed by atoms with van der Waals surface area (Å²) in [5, 5.41) is 1.48. The third kappa shape index (κ3) is 3.49. The number of likely N-dealkylation sites (tertiary alicyclic amines) is 1. The number of hydrogen-bond acceptors (Lipinski definition) is 3. The zero-order chi connectivity index (χ0) is 17.3. The summed E-state index contributed by atoms with van der Waals surface area (Å²) in [5.74, 6) is -0.164. The fraction of sp³-hybridized carbons (Fsp3) is 0.389. The molecule has 0 radical (unpaired) electrons. The van der Waals surface area contributed by atoms with Gasteiger partial charge in [-0.1, -0.05) is 47.1 Å². The number of nitrogens with zero attached hydrogens (tertiary/aromatic N) is 1. The van der Waals surface area contributed by atoms with Crippen LogP contribution in [0.4, 0.5) is 0 Å². The predicted molar refractivity (Wildman–Crippen MR) is 98.7 cm³/mol. The highest BCUT2D eigenvalue weighted by atomic mass is 79.9. The van der Waals surface area contributed by atoms with Gasteiger partial charge in [-0.3, -0.25) is 4.79 Å². The van der Waals surface area contributed by atoms with E-state index in [1.165, 1.54) is 0 Å². The Morgan fingerprint density at radius 2 is 1.75 bits per heavy atom. The van der Waals surface area contributed by atoms with E-state index >= 15 is 0 Å². The number of carbonyl (C=O) groups is 1. The summed E-state index contributed by atoms with van der Waals surface area (Å²) in [6, 6.07) is 10.6. The van der Waals surface area contributed by atoms with Gasteiger partial charge in [-0.05, 0) is 36.3 Å². The molecule has 6 heteroatoms. The van der Waals surface area contributed by atoms with Gasteiger partial charge in [0.25, 0.3) is 0 Å². The molecule has 1 aliphatic rings. The minimum absolute atomic E-state index is 0.222. The predicted octanol–water partition coefficient (Wildman–Crippen LogP) is 3.63. The zero-order valence-corrected chi connectivity index (χ0v) is 15.9. The fourth-order valence-electron chi connectivity index (χ4n) is 3.10. The molecule has 0 saturated carbocycles. The van der Waals surface area contributed by atoms with Crippen molar-refractivity contribution in [2.75, 3.05) is 18.8 Å². The number of piperidine rings is 1. The van der Waals surface area contributed by atoms with Crippen LogP contribution in [0.15, 0.2) is 45.8 Å². The van der Waals surface area contributed by atoms with Gasteiger partial charge in [0.15, 0.2) is 9.84 Å². The Balaban J connectivity index is 1.89. The molecule has 0 atom stereocenters. The van der Waals surface area contributed by atoms with Gasteiger partial charge < -0.3 is 4.90 Å². The summed E-state index contributed by atoms with van der Waals surface area (Å²) in [6.45, 7) is 3.46. The first-order chi connectivity index (χ1) is 11.4. The van der Waals surface area contributed by atoms with Gasteiger partial charge >= 0.3 is 0 Å². The van der Waals surface area contributed by atoms with Crippen molar-refractivity contribution in [3.63, 3.8) is 0 Å². The third-order valence-corrected chi connectivity index (χ3v) is 6.96. The second-order valence-corrected chi connectivity index (χ2v) is 9.23. The molecule has 128 valence electrons. The quantitative estimate of drug-likeness (QED) is 0.777. The van der Waals surface area contributed by atoms with Crippen LogP contribution in [0.2, 0.25) is 0 Å². The van der Waals surface area contributed by atoms with E-state index in [0.717, 1.165) is 22.7 Å². The molecule has 2 aromatic rings. The molecule has 1 amide bonds. The number of halogens is 1. The first-order valence-corrected chi connectivity index (χ1v) is 10.5. The van der Waals surface area contributed by atoms with E-state index in [-0.39, 0.29) is 10.8 Å². The average molecular weight is 410 g/mol. The van der Waals surface area contributed by atoms with Crippen LogP contribution in [0.1, 0.15) is 19.8 Å². The van der Waals surface area contributed by atoms with Gasteiger partial charge in [0, 0.05) is 22.9 Å². The number of hydrogen-bond donors (Lipinski definition) is 0. The van der Waals surface area contributed by atoms with Crippen molar-refractivity contribution >= 4 is 42.4 Å². The lowest BCUT2D eigenvalue weighted by Gasteiger charge is -2.30.